The number of aromatic nitrogens is 2. The Morgan fingerprint density at radius 2 is 2.50 bits per heavy atom. The summed E-state index contributed by atoms with van der Waals surface area (Å²) in [6.45, 7) is 1.87. The van der Waals surface area contributed by atoms with E-state index in [1.165, 1.54) is 6.20 Å². The van der Waals surface area contributed by atoms with Crippen molar-refractivity contribution >= 4 is 0 Å². The standard InChI is InChI=1S/C9H11N3O2/c1-6(14-2)3-8-11-5-7(4-10)9(13)12-8/h5-6H,3H2,1-2H3,(H,11,12,13). The molecule has 0 aromatic carbocycles. The Morgan fingerprint density at radius 1 is 1.79 bits per heavy atom. The van der Waals surface area contributed by atoms with Gasteiger partial charge in [0.25, 0.3) is 5.56 Å². The molecule has 0 radical (unpaired) electrons. The van der Waals surface area contributed by atoms with Gasteiger partial charge >= 0.3 is 0 Å². The summed E-state index contributed by atoms with van der Waals surface area (Å²) in [4.78, 5) is 17.6. The van der Waals surface area contributed by atoms with E-state index in [-0.39, 0.29) is 11.7 Å². The number of H-pyrrole nitrogens is 1. The SMILES string of the molecule is COC(C)Cc1ncc(C#N)c(=O)[nH]1. The number of hydrogen-bond acceptors (Lipinski definition) is 4. The lowest BCUT2D eigenvalue weighted by atomic mass is 10.2. The maximum absolute atomic E-state index is 11.2. The number of methoxy groups -OCH3 is 1. The molecule has 5 heteroatoms. The summed E-state index contributed by atoms with van der Waals surface area (Å²) < 4.78 is 5.02. The van der Waals surface area contributed by atoms with Gasteiger partial charge in [0.2, 0.25) is 0 Å². The summed E-state index contributed by atoms with van der Waals surface area (Å²) in [5, 5.41) is 8.50. The van der Waals surface area contributed by atoms with Gasteiger partial charge in [-0.2, -0.15) is 5.26 Å². The maximum atomic E-state index is 11.2. The molecule has 5 nitrogen and oxygen atoms in total. The molecule has 0 spiro atoms. The first-order valence-corrected chi connectivity index (χ1v) is 4.18. The van der Waals surface area contributed by atoms with Crippen molar-refractivity contribution in [1.82, 2.24) is 9.97 Å². The van der Waals surface area contributed by atoms with Gasteiger partial charge in [0.1, 0.15) is 17.5 Å². The van der Waals surface area contributed by atoms with E-state index in [0.29, 0.717) is 12.2 Å². The van der Waals surface area contributed by atoms with Crippen molar-refractivity contribution in [1.29, 1.82) is 5.26 Å². The van der Waals surface area contributed by atoms with Gasteiger partial charge in [-0.05, 0) is 6.92 Å². The van der Waals surface area contributed by atoms with Crippen molar-refractivity contribution in [3.05, 3.63) is 27.9 Å². The van der Waals surface area contributed by atoms with E-state index in [1.807, 2.05) is 6.92 Å². The molecule has 1 aromatic rings. The van der Waals surface area contributed by atoms with Gasteiger partial charge in [0, 0.05) is 13.5 Å². The smallest absolute Gasteiger partial charge is 0.268 e. The lowest BCUT2D eigenvalue weighted by molar-refractivity contribution is 0.117. The van der Waals surface area contributed by atoms with E-state index in [4.69, 9.17) is 10.00 Å². The van der Waals surface area contributed by atoms with E-state index in [0.717, 1.165) is 0 Å². The van der Waals surface area contributed by atoms with Crippen molar-refractivity contribution < 1.29 is 4.74 Å². The number of aromatic amines is 1. The van der Waals surface area contributed by atoms with Crippen molar-refractivity contribution in [2.75, 3.05) is 7.11 Å². The van der Waals surface area contributed by atoms with Crippen LogP contribution in [0.15, 0.2) is 11.0 Å². The molecule has 1 atom stereocenters. The molecule has 0 aliphatic rings. The Morgan fingerprint density at radius 3 is 3.00 bits per heavy atom. The van der Waals surface area contributed by atoms with E-state index >= 15 is 0 Å². The average Bonchev–Trinajstić information content (AvgIpc) is 2.18. The summed E-state index contributed by atoms with van der Waals surface area (Å²) in [5.74, 6) is 0.531. The van der Waals surface area contributed by atoms with Crippen LogP contribution in [0, 0.1) is 11.3 Å². The molecule has 0 saturated heterocycles. The zero-order valence-corrected chi connectivity index (χ0v) is 8.07. The number of hydrogen-bond donors (Lipinski definition) is 1. The van der Waals surface area contributed by atoms with Crippen molar-refractivity contribution in [2.45, 2.75) is 19.4 Å². The first kappa shape index (κ1) is 10.4. The van der Waals surface area contributed by atoms with Crippen LogP contribution in [0.3, 0.4) is 0 Å². The monoisotopic (exact) mass is 193 g/mol. The van der Waals surface area contributed by atoms with Crippen LogP contribution in [0.4, 0.5) is 0 Å². The molecule has 0 aliphatic carbocycles. The first-order valence-electron chi connectivity index (χ1n) is 4.18. The Bertz CT molecular complexity index is 405. The number of rotatable bonds is 3. The minimum absolute atomic E-state index is 0.00825. The summed E-state index contributed by atoms with van der Waals surface area (Å²) >= 11 is 0. The Balaban J connectivity index is 2.88. The van der Waals surface area contributed by atoms with E-state index in [1.54, 1.807) is 13.2 Å². The summed E-state index contributed by atoms with van der Waals surface area (Å²) in [7, 11) is 1.59. The van der Waals surface area contributed by atoms with Crippen LogP contribution < -0.4 is 5.56 Å². The molecule has 1 aromatic heterocycles. The molecule has 0 saturated carbocycles. The second kappa shape index (κ2) is 4.53. The zero-order chi connectivity index (χ0) is 10.6. The van der Waals surface area contributed by atoms with Crippen LogP contribution in [0.1, 0.15) is 18.3 Å². The van der Waals surface area contributed by atoms with E-state index in [9.17, 15) is 4.79 Å². The fourth-order valence-corrected chi connectivity index (χ4v) is 0.971. The highest BCUT2D eigenvalue weighted by Gasteiger charge is 2.05. The van der Waals surface area contributed by atoms with Crippen LogP contribution in [-0.2, 0) is 11.2 Å². The highest BCUT2D eigenvalue weighted by Crippen LogP contribution is 1.97. The number of ether oxygens (including phenoxy) is 1. The molecular weight excluding hydrogens is 182 g/mol. The highest BCUT2D eigenvalue weighted by atomic mass is 16.5. The largest absolute Gasteiger partial charge is 0.381 e. The van der Waals surface area contributed by atoms with Crippen LogP contribution in [0.25, 0.3) is 0 Å². The molecular formula is C9H11N3O2. The topological polar surface area (TPSA) is 78.8 Å². The number of nitrogens with one attached hydrogen (secondary N) is 1. The van der Waals surface area contributed by atoms with Gasteiger partial charge in [-0.15, -0.1) is 0 Å². The third-order valence-electron chi connectivity index (χ3n) is 1.86. The van der Waals surface area contributed by atoms with Gasteiger partial charge in [-0.25, -0.2) is 4.98 Å². The number of nitriles is 1. The van der Waals surface area contributed by atoms with Gasteiger partial charge in [-0.1, -0.05) is 0 Å². The van der Waals surface area contributed by atoms with Crippen LogP contribution in [-0.4, -0.2) is 23.2 Å². The molecule has 14 heavy (non-hydrogen) atoms. The molecule has 1 heterocycles. The van der Waals surface area contributed by atoms with Crippen LogP contribution >= 0.6 is 0 Å². The maximum Gasteiger partial charge on any atom is 0.268 e. The molecule has 0 bridgehead atoms. The fourth-order valence-electron chi connectivity index (χ4n) is 0.971. The summed E-state index contributed by atoms with van der Waals surface area (Å²) in [6.07, 6.45) is 1.79. The molecule has 74 valence electrons. The second-order valence-electron chi connectivity index (χ2n) is 2.93. The van der Waals surface area contributed by atoms with Crippen molar-refractivity contribution in [2.24, 2.45) is 0 Å². The first-order chi connectivity index (χ1) is 6.67. The third kappa shape index (κ3) is 2.41. The second-order valence-corrected chi connectivity index (χ2v) is 2.93. The number of nitrogens with zero attached hydrogens (tertiary/aromatic N) is 2. The highest BCUT2D eigenvalue weighted by molar-refractivity contribution is 5.21. The lowest BCUT2D eigenvalue weighted by Crippen LogP contribution is -2.18. The van der Waals surface area contributed by atoms with Gasteiger partial charge in [-0.3, -0.25) is 4.79 Å². The lowest BCUT2D eigenvalue weighted by Gasteiger charge is -2.07. The van der Waals surface area contributed by atoms with Gasteiger partial charge in [0.05, 0.1) is 12.3 Å². The predicted molar refractivity (Wildman–Crippen MR) is 49.7 cm³/mol. The molecule has 0 aliphatic heterocycles. The predicted octanol–water partition coefficient (Wildman–Crippen LogP) is 0.219. The van der Waals surface area contributed by atoms with Crippen molar-refractivity contribution in [3.8, 4) is 6.07 Å². The van der Waals surface area contributed by atoms with E-state index < -0.39 is 5.56 Å². The summed E-state index contributed by atoms with van der Waals surface area (Å²) in [6, 6.07) is 1.75. The van der Waals surface area contributed by atoms with Crippen molar-refractivity contribution in [3.63, 3.8) is 0 Å². The fraction of sp³-hybridized carbons (Fsp3) is 0.444. The molecule has 1 N–H and O–H groups in total. The Kier molecular flexibility index (Phi) is 3.37. The van der Waals surface area contributed by atoms with Crippen LogP contribution in [0.5, 0.6) is 0 Å². The van der Waals surface area contributed by atoms with Crippen LogP contribution in [0.2, 0.25) is 0 Å². The Labute approximate surface area is 81.4 Å². The summed E-state index contributed by atoms with van der Waals surface area (Å²) in [5.41, 5.74) is -0.375. The minimum atomic E-state index is -0.402. The quantitative estimate of drug-likeness (QED) is 0.744. The van der Waals surface area contributed by atoms with E-state index in [2.05, 4.69) is 9.97 Å². The Hall–Kier alpha value is -1.67. The molecule has 1 unspecified atom stereocenters. The minimum Gasteiger partial charge on any atom is -0.381 e. The molecule has 0 amide bonds. The third-order valence-corrected chi connectivity index (χ3v) is 1.86. The zero-order valence-electron chi connectivity index (χ0n) is 8.07. The van der Waals surface area contributed by atoms with Gasteiger partial charge < -0.3 is 9.72 Å². The van der Waals surface area contributed by atoms with Gasteiger partial charge in [0.15, 0.2) is 0 Å². The average molecular weight is 193 g/mol. The normalized spacial score (nSPS) is 12.1. The molecule has 0 fully saturated rings. The molecule has 1 rings (SSSR count).